The number of nitrogens with zero attached hydrogens (tertiary/aromatic N) is 6. The van der Waals surface area contributed by atoms with Gasteiger partial charge in [-0.1, -0.05) is 19.1 Å². The number of aromatic nitrogens is 5. The fraction of sp³-hybridized carbons (Fsp3) is 0.379. The molecule has 1 aliphatic carbocycles. The number of fused-ring (bicyclic) bond motifs is 4. The van der Waals surface area contributed by atoms with Crippen molar-refractivity contribution >= 4 is 28.4 Å². The zero-order chi connectivity index (χ0) is 25.8. The highest BCUT2D eigenvalue weighted by Crippen LogP contribution is 2.32. The molecule has 3 atom stereocenters. The summed E-state index contributed by atoms with van der Waals surface area (Å²) in [4.78, 5) is 30.1. The predicted octanol–water partition coefficient (Wildman–Crippen LogP) is 3.90. The highest BCUT2D eigenvalue weighted by atomic mass is 16.1. The highest BCUT2D eigenvalue weighted by molar-refractivity contribution is 5.77. The molecule has 1 aromatic carbocycles. The molecule has 2 fully saturated rings. The molecule has 5 heterocycles. The second kappa shape index (κ2) is 9.09. The van der Waals surface area contributed by atoms with E-state index in [4.69, 9.17) is 9.97 Å². The Balaban J connectivity index is 1.24. The summed E-state index contributed by atoms with van der Waals surface area (Å²) >= 11 is 0. The Morgan fingerprint density at radius 3 is 2.82 bits per heavy atom. The minimum atomic E-state index is -0.155. The highest BCUT2D eigenvalue weighted by Gasteiger charge is 2.37. The van der Waals surface area contributed by atoms with Crippen molar-refractivity contribution in [3.63, 3.8) is 0 Å². The van der Waals surface area contributed by atoms with Gasteiger partial charge in [-0.05, 0) is 67.5 Å². The molecule has 0 spiro atoms. The van der Waals surface area contributed by atoms with Crippen molar-refractivity contribution in [2.24, 2.45) is 0 Å². The van der Waals surface area contributed by atoms with E-state index >= 15 is 0 Å². The van der Waals surface area contributed by atoms with Crippen LogP contribution in [0.4, 0.5) is 17.3 Å². The lowest BCUT2D eigenvalue weighted by Crippen LogP contribution is -2.43. The quantitative estimate of drug-likeness (QED) is 0.382. The predicted molar refractivity (Wildman–Crippen MR) is 150 cm³/mol. The zero-order valence-electron chi connectivity index (χ0n) is 21.6. The normalized spacial score (nSPS) is 22.1. The summed E-state index contributed by atoms with van der Waals surface area (Å²) in [7, 11) is 0. The molecule has 194 valence electrons. The van der Waals surface area contributed by atoms with Gasteiger partial charge in [0.2, 0.25) is 5.95 Å². The smallest absolute Gasteiger partial charge is 0.278 e. The van der Waals surface area contributed by atoms with Crippen LogP contribution in [0.3, 0.4) is 0 Å². The Labute approximate surface area is 221 Å². The summed E-state index contributed by atoms with van der Waals surface area (Å²) in [5.41, 5.74) is 4.92. The monoisotopic (exact) mass is 508 g/mol. The van der Waals surface area contributed by atoms with Crippen molar-refractivity contribution in [2.75, 3.05) is 23.3 Å². The summed E-state index contributed by atoms with van der Waals surface area (Å²) < 4.78 is 3.44. The number of aryl methyl sites for hydroxylation is 1. The van der Waals surface area contributed by atoms with Crippen LogP contribution in [0.2, 0.25) is 0 Å². The third-order valence-corrected chi connectivity index (χ3v) is 8.25. The maximum absolute atomic E-state index is 13.3. The van der Waals surface area contributed by atoms with E-state index in [0.29, 0.717) is 47.3 Å². The number of nitrogens with one attached hydrogen (secondary N) is 2. The molecule has 9 heteroatoms. The van der Waals surface area contributed by atoms with E-state index in [-0.39, 0.29) is 5.56 Å². The van der Waals surface area contributed by atoms with E-state index in [1.165, 1.54) is 24.1 Å². The van der Waals surface area contributed by atoms with Crippen LogP contribution in [-0.4, -0.2) is 49.5 Å². The minimum Gasteiger partial charge on any atom is -0.366 e. The average Bonchev–Trinajstić information content (AvgIpc) is 3.64. The Bertz CT molecular complexity index is 1590. The van der Waals surface area contributed by atoms with Crippen LogP contribution in [0, 0.1) is 0 Å². The van der Waals surface area contributed by atoms with Gasteiger partial charge in [-0.3, -0.25) is 4.79 Å². The lowest BCUT2D eigenvalue weighted by Gasteiger charge is -2.29. The molecule has 0 radical (unpaired) electrons. The fourth-order valence-electron chi connectivity index (χ4n) is 6.34. The van der Waals surface area contributed by atoms with Gasteiger partial charge >= 0.3 is 0 Å². The average molecular weight is 509 g/mol. The molecule has 2 N–H and O–H groups in total. The molecular weight excluding hydrogens is 476 g/mol. The summed E-state index contributed by atoms with van der Waals surface area (Å²) in [6.45, 7) is 8.55. The van der Waals surface area contributed by atoms with Crippen molar-refractivity contribution in [1.29, 1.82) is 0 Å². The first kappa shape index (κ1) is 23.2. The molecule has 3 unspecified atom stereocenters. The molecule has 3 aromatic heterocycles. The number of anilines is 3. The van der Waals surface area contributed by atoms with Gasteiger partial charge in [-0.15, -0.1) is 6.58 Å². The number of allylic oxidation sites excluding steroid dienone is 1. The second-order valence-corrected chi connectivity index (χ2v) is 10.7. The van der Waals surface area contributed by atoms with Crippen LogP contribution in [0.1, 0.15) is 43.4 Å². The Morgan fingerprint density at radius 1 is 1.18 bits per heavy atom. The Kier molecular flexibility index (Phi) is 5.54. The standard InChI is InChI=1S/C29H32N8O/c1-3-13-36-28(38)24-16-31-29(32-20-8-10-22(11-9-20)35-17-21-14-23(35)15-30-21)34-27(24)37(36)25-12-7-19-6-4-5-18(2)26(19)33-25/h3,7-12,16,18,21,23,30H,1,4-6,13-15,17H2,2H3,(H,31,32,34). The largest absolute Gasteiger partial charge is 0.366 e. The van der Waals surface area contributed by atoms with Crippen LogP contribution in [0.15, 0.2) is 60.0 Å². The lowest BCUT2D eigenvalue weighted by atomic mass is 9.88. The van der Waals surface area contributed by atoms with E-state index in [0.717, 1.165) is 37.3 Å². The van der Waals surface area contributed by atoms with Gasteiger partial charge in [0, 0.05) is 48.4 Å². The third kappa shape index (κ3) is 3.80. The topological polar surface area (TPSA) is 92.9 Å². The number of hydrogen-bond acceptors (Lipinski definition) is 7. The Morgan fingerprint density at radius 2 is 2.05 bits per heavy atom. The molecular formula is C29H32N8O. The van der Waals surface area contributed by atoms with Crippen molar-refractivity contribution in [1.82, 2.24) is 29.6 Å². The van der Waals surface area contributed by atoms with Gasteiger partial charge in [0.05, 0.1) is 6.54 Å². The van der Waals surface area contributed by atoms with E-state index < -0.39 is 0 Å². The van der Waals surface area contributed by atoms with Gasteiger partial charge < -0.3 is 15.5 Å². The van der Waals surface area contributed by atoms with E-state index in [9.17, 15) is 4.79 Å². The molecule has 0 saturated carbocycles. The fourth-order valence-corrected chi connectivity index (χ4v) is 6.34. The number of hydrogen-bond donors (Lipinski definition) is 2. The zero-order valence-corrected chi connectivity index (χ0v) is 21.6. The molecule has 4 aromatic rings. The maximum Gasteiger partial charge on any atom is 0.278 e. The molecule has 0 amide bonds. The first-order valence-corrected chi connectivity index (χ1v) is 13.6. The minimum absolute atomic E-state index is 0.155. The van der Waals surface area contributed by atoms with Crippen molar-refractivity contribution in [2.45, 2.75) is 57.2 Å². The summed E-state index contributed by atoms with van der Waals surface area (Å²) in [5, 5.41) is 7.34. The van der Waals surface area contributed by atoms with Gasteiger partial charge in [0.15, 0.2) is 11.5 Å². The van der Waals surface area contributed by atoms with Crippen LogP contribution in [0.25, 0.3) is 16.9 Å². The van der Waals surface area contributed by atoms with Gasteiger partial charge in [0.25, 0.3) is 5.56 Å². The van der Waals surface area contributed by atoms with Crippen molar-refractivity contribution in [3.05, 3.63) is 76.9 Å². The molecule has 2 aliphatic heterocycles. The molecule has 9 nitrogen and oxygen atoms in total. The Hall–Kier alpha value is -3.98. The van der Waals surface area contributed by atoms with Crippen LogP contribution < -0.4 is 21.1 Å². The molecule has 2 saturated heterocycles. The summed E-state index contributed by atoms with van der Waals surface area (Å²) in [6.07, 6.45) is 7.89. The van der Waals surface area contributed by atoms with Crippen molar-refractivity contribution < 1.29 is 0 Å². The third-order valence-electron chi connectivity index (χ3n) is 8.25. The van der Waals surface area contributed by atoms with E-state index in [2.05, 4.69) is 64.4 Å². The van der Waals surface area contributed by atoms with Gasteiger partial charge in [-0.2, -0.15) is 4.98 Å². The molecule has 3 aliphatic rings. The number of benzene rings is 1. The first-order valence-electron chi connectivity index (χ1n) is 13.6. The van der Waals surface area contributed by atoms with Crippen molar-refractivity contribution in [3.8, 4) is 5.82 Å². The van der Waals surface area contributed by atoms with Crippen LogP contribution in [0.5, 0.6) is 0 Å². The van der Waals surface area contributed by atoms with Crippen LogP contribution in [-0.2, 0) is 13.0 Å². The molecule has 2 bridgehead atoms. The van der Waals surface area contributed by atoms with E-state index in [1.54, 1.807) is 17.0 Å². The van der Waals surface area contributed by atoms with Gasteiger partial charge in [-0.25, -0.2) is 19.3 Å². The maximum atomic E-state index is 13.3. The SMILES string of the molecule is C=CCn1c(=O)c2cnc(Nc3ccc(N4CC5CC4CN5)cc3)nc2n1-c1ccc2c(n1)C(C)CCC2. The number of pyridine rings is 1. The summed E-state index contributed by atoms with van der Waals surface area (Å²) in [6, 6.07) is 13.7. The van der Waals surface area contributed by atoms with Gasteiger partial charge in [0.1, 0.15) is 5.39 Å². The first-order chi connectivity index (χ1) is 18.6. The van der Waals surface area contributed by atoms with E-state index in [1.807, 2.05) is 10.7 Å². The van der Waals surface area contributed by atoms with Crippen LogP contribution >= 0.6 is 0 Å². The molecule has 38 heavy (non-hydrogen) atoms. The molecule has 7 rings (SSSR count). The lowest BCUT2D eigenvalue weighted by molar-refractivity contribution is 0.559. The number of rotatable bonds is 6. The number of piperazine rings is 1. The second-order valence-electron chi connectivity index (χ2n) is 10.7. The summed E-state index contributed by atoms with van der Waals surface area (Å²) in [5.74, 6) is 1.52.